The molecule has 0 spiro atoms. The first-order valence-corrected chi connectivity index (χ1v) is 12.4. The summed E-state index contributed by atoms with van der Waals surface area (Å²) in [6.45, 7) is 3.96. The van der Waals surface area contributed by atoms with E-state index in [1.54, 1.807) is 36.4 Å². The van der Waals surface area contributed by atoms with E-state index in [0.717, 1.165) is 10.5 Å². The minimum atomic E-state index is -0.652. The Morgan fingerprint density at radius 3 is 2.47 bits per heavy atom. The largest absolute Gasteiger partial charge is 0.493 e. The maximum atomic E-state index is 13.4. The quantitative estimate of drug-likeness (QED) is 0.149. The molecule has 1 aliphatic rings. The third kappa shape index (κ3) is 5.88. The number of ether oxygens (including phenoxy) is 2. The number of benzene rings is 3. The molecule has 1 aliphatic heterocycles. The van der Waals surface area contributed by atoms with Gasteiger partial charge in [0, 0.05) is 21.2 Å². The van der Waals surface area contributed by atoms with Crippen LogP contribution in [0.4, 0.5) is 10.1 Å². The average Bonchev–Trinajstić information content (AvgIpc) is 2.87. The lowest BCUT2D eigenvalue weighted by atomic mass is 10.0. The molecule has 0 aliphatic carbocycles. The van der Waals surface area contributed by atoms with Gasteiger partial charge in [0.1, 0.15) is 18.0 Å². The minimum absolute atomic E-state index is 0.0988. The zero-order valence-electron chi connectivity index (χ0n) is 20.1. The average molecular weight is 571 g/mol. The highest BCUT2D eigenvalue weighted by Gasteiger charge is 2.34. The number of thiocarbonyl (C=S) groups is 1. The summed E-state index contributed by atoms with van der Waals surface area (Å²) >= 11 is 17.5. The number of nitrogens with zero attached hydrogens (tertiary/aromatic N) is 1. The molecule has 194 valence electrons. The third-order valence-electron chi connectivity index (χ3n) is 5.62. The number of amides is 2. The van der Waals surface area contributed by atoms with Gasteiger partial charge in [-0.1, -0.05) is 35.3 Å². The van der Waals surface area contributed by atoms with Crippen LogP contribution in [0, 0.1) is 5.82 Å². The number of hydrogen-bond donors (Lipinski definition) is 1. The number of allylic oxidation sites excluding steroid dienone is 1. The van der Waals surface area contributed by atoms with Crippen molar-refractivity contribution >= 4 is 64.1 Å². The predicted octanol–water partition coefficient (Wildman–Crippen LogP) is 6.28. The van der Waals surface area contributed by atoms with Crippen LogP contribution in [0.2, 0.25) is 10.0 Å². The van der Waals surface area contributed by atoms with Crippen LogP contribution in [-0.4, -0.2) is 24.0 Å². The van der Waals surface area contributed by atoms with Gasteiger partial charge in [-0.15, -0.1) is 6.58 Å². The van der Waals surface area contributed by atoms with Gasteiger partial charge >= 0.3 is 0 Å². The summed E-state index contributed by atoms with van der Waals surface area (Å²) in [5.74, 6) is -0.913. The molecule has 0 atom stereocenters. The molecule has 10 heteroatoms. The van der Waals surface area contributed by atoms with Gasteiger partial charge in [-0.25, -0.2) is 4.39 Å². The SMILES string of the molecule is C=CCc1cc(/C=C2\C(=O)NC(=S)N(c3ccc(F)cc3)C2=O)cc(OC)c1OCc1ccc(Cl)cc1Cl. The second-order valence-electron chi connectivity index (χ2n) is 8.16. The summed E-state index contributed by atoms with van der Waals surface area (Å²) in [5, 5.41) is 3.39. The van der Waals surface area contributed by atoms with Crippen molar-refractivity contribution in [3.63, 3.8) is 0 Å². The van der Waals surface area contributed by atoms with Crippen LogP contribution in [0.1, 0.15) is 16.7 Å². The Morgan fingerprint density at radius 1 is 1.08 bits per heavy atom. The van der Waals surface area contributed by atoms with Crippen molar-refractivity contribution in [2.24, 2.45) is 0 Å². The first-order valence-electron chi connectivity index (χ1n) is 11.3. The number of hydrogen-bond acceptors (Lipinski definition) is 5. The maximum absolute atomic E-state index is 13.4. The minimum Gasteiger partial charge on any atom is -0.493 e. The second kappa shape index (κ2) is 11.8. The van der Waals surface area contributed by atoms with Crippen molar-refractivity contribution in [2.75, 3.05) is 12.0 Å². The number of nitrogens with one attached hydrogen (secondary N) is 1. The van der Waals surface area contributed by atoms with Gasteiger partial charge in [-0.05, 0) is 78.8 Å². The Kier molecular flexibility index (Phi) is 8.46. The molecule has 3 aromatic rings. The van der Waals surface area contributed by atoms with Crippen LogP contribution in [0.25, 0.3) is 6.08 Å². The lowest BCUT2D eigenvalue weighted by molar-refractivity contribution is -0.122. The lowest BCUT2D eigenvalue weighted by Crippen LogP contribution is -2.54. The first-order chi connectivity index (χ1) is 18.2. The summed E-state index contributed by atoms with van der Waals surface area (Å²) in [5.41, 5.74) is 2.12. The Bertz CT molecular complexity index is 1470. The molecular weight excluding hydrogens is 550 g/mol. The van der Waals surface area contributed by atoms with E-state index in [1.165, 1.54) is 37.5 Å². The smallest absolute Gasteiger partial charge is 0.270 e. The van der Waals surface area contributed by atoms with Crippen molar-refractivity contribution < 1.29 is 23.5 Å². The number of carbonyl (C=O) groups is 2. The number of methoxy groups -OCH3 is 1. The van der Waals surface area contributed by atoms with Crippen molar-refractivity contribution in [3.8, 4) is 11.5 Å². The number of anilines is 1. The van der Waals surface area contributed by atoms with Crippen molar-refractivity contribution in [1.29, 1.82) is 0 Å². The molecule has 1 heterocycles. The molecule has 3 aromatic carbocycles. The van der Waals surface area contributed by atoms with E-state index in [-0.39, 0.29) is 17.3 Å². The Labute approximate surface area is 234 Å². The zero-order chi connectivity index (χ0) is 27.4. The van der Waals surface area contributed by atoms with Crippen LogP contribution in [-0.2, 0) is 22.6 Å². The van der Waals surface area contributed by atoms with Gasteiger partial charge in [-0.3, -0.25) is 19.8 Å². The van der Waals surface area contributed by atoms with Crippen LogP contribution in [0.15, 0.2) is 72.8 Å². The molecule has 1 N–H and O–H groups in total. The molecule has 1 saturated heterocycles. The van der Waals surface area contributed by atoms with Gasteiger partial charge in [-0.2, -0.15) is 0 Å². The molecule has 0 radical (unpaired) electrons. The summed E-state index contributed by atoms with van der Waals surface area (Å²) < 4.78 is 25.1. The first kappa shape index (κ1) is 27.3. The molecular formula is C28H21Cl2FN2O4S. The van der Waals surface area contributed by atoms with Crippen LogP contribution in [0.5, 0.6) is 11.5 Å². The number of halogens is 3. The standard InChI is InChI=1S/C28H21Cl2FN2O4S/c1-3-4-17-11-16(13-24(36-2)25(17)37-15-18-5-6-19(29)14-23(18)30)12-22-26(34)32-28(38)33(27(22)35)21-9-7-20(31)8-10-21/h3,5-14H,1,4,15H2,2H3,(H,32,34,38)/b22-12+. The van der Waals surface area contributed by atoms with Gasteiger partial charge in [0.25, 0.3) is 11.8 Å². The van der Waals surface area contributed by atoms with E-state index in [2.05, 4.69) is 11.9 Å². The van der Waals surface area contributed by atoms with Crippen LogP contribution < -0.4 is 19.7 Å². The fourth-order valence-electron chi connectivity index (χ4n) is 3.83. The maximum Gasteiger partial charge on any atom is 0.270 e. The van der Waals surface area contributed by atoms with Crippen LogP contribution >= 0.6 is 35.4 Å². The molecule has 2 amide bonds. The van der Waals surface area contributed by atoms with E-state index in [9.17, 15) is 14.0 Å². The van der Waals surface area contributed by atoms with Crippen molar-refractivity contribution in [1.82, 2.24) is 5.32 Å². The van der Waals surface area contributed by atoms with Gasteiger partial charge in [0.2, 0.25) is 0 Å². The highest BCUT2D eigenvalue weighted by molar-refractivity contribution is 7.80. The summed E-state index contributed by atoms with van der Waals surface area (Å²) in [7, 11) is 1.49. The molecule has 6 nitrogen and oxygen atoms in total. The normalized spacial score (nSPS) is 14.5. The lowest BCUT2D eigenvalue weighted by Gasteiger charge is -2.29. The molecule has 4 rings (SSSR count). The highest BCUT2D eigenvalue weighted by atomic mass is 35.5. The number of carbonyl (C=O) groups excluding carboxylic acids is 2. The van der Waals surface area contributed by atoms with E-state index < -0.39 is 17.6 Å². The molecule has 0 aromatic heterocycles. The predicted molar refractivity (Wildman–Crippen MR) is 150 cm³/mol. The molecule has 0 unspecified atom stereocenters. The summed E-state index contributed by atoms with van der Waals surface area (Å²) in [4.78, 5) is 27.2. The van der Waals surface area contributed by atoms with Crippen LogP contribution in [0.3, 0.4) is 0 Å². The molecule has 1 fully saturated rings. The Balaban J connectivity index is 1.70. The monoisotopic (exact) mass is 570 g/mol. The van der Waals surface area contributed by atoms with Gasteiger partial charge in [0.15, 0.2) is 16.6 Å². The Hall–Kier alpha value is -3.72. The Morgan fingerprint density at radius 2 is 1.82 bits per heavy atom. The van der Waals surface area contributed by atoms with Crippen molar-refractivity contribution in [3.05, 3.63) is 105 Å². The zero-order valence-corrected chi connectivity index (χ0v) is 22.4. The summed E-state index contributed by atoms with van der Waals surface area (Å²) in [6, 6.07) is 13.7. The topological polar surface area (TPSA) is 67.9 Å². The molecule has 0 bridgehead atoms. The number of rotatable bonds is 8. The van der Waals surface area contributed by atoms with E-state index >= 15 is 0 Å². The molecule has 0 saturated carbocycles. The fourth-order valence-corrected chi connectivity index (χ4v) is 4.57. The van der Waals surface area contributed by atoms with E-state index in [4.69, 9.17) is 44.9 Å². The van der Waals surface area contributed by atoms with Gasteiger partial charge < -0.3 is 9.47 Å². The fraction of sp³-hybridized carbons (Fsp3) is 0.107. The second-order valence-corrected chi connectivity index (χ2v) is 9.39. The third-order valence-corrected chi connectivity index (χ3v) is 6.49. The molecule has 38 heavy (non-hydrogen) atoms. The highest BCUT2D eigenvalue weighted by Crippen LogP contribution is 2.36. The van der Waals surface area contributed by atoms with Gasteiger partial charge in [0.05, 0.1) is 12.8 Å². The van der Waals surface area contributed by atoms with Crippen molar-refractivity contribution in [2.45, 2.75) is 13.0 Å². The van der Waals surface area contributed by atoms with E-state index in [0.29, 0.717) is 44.8 Å². The summed E-state index contributed by atoms with van der Waals surface area (Å²) in [6.07, 6.45) is 3.55. The van der Waals surface area contributed by atoms with E-state index in [1.807, 2.05) is 0 Å².